The van der Waals surface area contributed by atoms with Crippen LogP contribution in [0.3, 0.4) is 0 Å². The Morgan fingerprint density at radius 2 is 2.30 bits per heavy atom. The summed E-state index contributed by atoms with van der Waals surface area (Å²) < 4.78 is 0. The molecule has 0 aliphatic carbocycles. The van der Waals surface area contributed by atoms with Crippen molar-refractivity contribution in [3.05, 3.63) is 16.8 Å². The Hall–Kier alpha value is -0.960. The third-order valence-electron chi connectivity index (χ3n) is 1.16. The molecule has 1 rings (SSSR count). The van der Waals surface area contributed by atoms with Gasteiger partial charge in [0.1, 0.15) is 5.15 Å². The SMILES string of the molecule is Cc1cc(O)c(N)nc1Cl. The molecule has 4 heteroatoms. The van der Waals surface area contributed by atoms with Crippen LogP contribution in [0.4, 0.5) is 5.82 Å². The third-order valence-corrected chi connectivity index (χ3v) is 1.54. The normalized spacial score (nSPS) is 9.80. The van der Waals surface area contributed by atoms with E-state index in [1.807, 2.05) is 0 Å². The van der Waals surface area contributed by atoms with Gasteiger partial charge in [-0.25, -0.2) is 4.98 Å². The van der Waals surface area contributed by atoms with Crippen LogP contribution in [0.1, 0.15) is 5.56 Å². The minimum absolute atomic E-state index is 0.0260. The molecule has 1 aromatic heterocycles. The van der Waals surface area contributed by atoms with E-state index in [2.05, 4.69) is 4.98 Å². The number of aromatic nitrogens is 1. The topological polar surface area (TPSA) is 59.1 Å². The Balaban J connectivity index is 3.28. The number of aromatic hydroxyl groups is 1. The fourth-order valence-electron chi connectivity index (χ4n) is 0.590. The fourth-order valence-corrected chi connectivity index (χ4v) is 0.735. The molecule has 0 aliphatic heterocycles. The highest BCUT2D eigenvalue weighted by Crippen LogP contribution is 2.22. The van der Waals surface area contributed by atoms with Crippen LogP contribution in [0.5, 0.6) is 5.75 Å². The summed E-state index contributed by atoms with van der Waals surface area (Å²) in [5, 5.41) is 9.31. The molecule has 0 aliphatic rings. The Kier molecular flexibility index (Phi) is 1.68. The fraction of sp³-hybridized carbons (Fsp3) is 0.167. The first kappa shape index (κ1) is 7.15. The average Bonchev–Trinajstić information content (AvgIpc) is 1.84. The summed E-state index contributed by atoms with van der Waals surface area (Å²) in [5.41, 5.74) is 5.96. The predicted octanol–water partition coefficient (Wildman–Crippen LogP) is 1.33. The van der Waals surface area contributed by atoms with Gasteiger partial charge in [0.15, 0.2) is 11.6 Å². The predicted molar refractivity (Wildman–Crippen MR) is 40.1 cm³/mol. The van der Waals surface area contributed by atoms with Crippen molar-refractivity contribution in [3.8, 4) is 5.75 Å². The first-order chi connectivity index (χ1) is 4.61. The molecule has 54 valence electrons. The highest BCUT2D eigenvalue weighted by atomic mass is 35.5. The lowest BCUT2D eigenvalue weighted by molar-refractivity contribution is 0.475. The number of nitrogens with zero attached hydrogens (tertiary/aromatic N) is 1. The first-order valence-corrected chi connectivity index (χ1v) is 3.10. The van der Waals surface area contributed by atoms with Gasteiger partial charge in [0.25, 0.3) is 0 Å². The molecule has 0 spiro atoms. The standard InChI is InChI=1S/C6H7ClN2O/c1-3-2-4(10)6(8)9-5(3)7/h2,10H,1H3,(H2,8,9). The largest absolute Gasteiger partial charge is 0.504 e. The van der Waals surface area contributed by atoms with E-state index >= 15 is 0 Å². The van der Waals surface area contributed by atoms with Crippen LogP contribution < -0.4 is 5.73 Å². The summed E-state index contributed by atoms with van der Waals surface area (Å²) >= 11 is 5.58. The van der Waals surface area contributed by atoms with E-state index in [-0.39, 0.29) is 11.6 Å². The minimum Gasteiger partial charge on any atom is -0.504 e. The Morgan fingerprint density at radius 3 is 2.80 bits per heavy atom. The molecule has 1 heterocycles. The molecular weight excluding hydrogens is 152 g/mol. The first-order valence-electron chi connectivity index (χ1n) is 2.73. The zero-order valence-corrected chi connectivity index (χ0v) is 6.18. The van der Waals surface area contributed by atoms with E-state index in [4.69, 9.17) is 22.4 Å². The summed E-state index contributed by atoms with van der Waals surface area (Å²) in [4.78, 5) is 3.67. The molecule has 0 amide bonds. The summed E-state index contributed by atoms with van der Waals surface area (Å²) in [6.45, 7) is 1.74. The maximum absolute atomic E-state index is 8.98. The van der Waals surface area contributed by atoms with Gasteiger partial charge in [-0.3, -0.25) is 0 Å². The number of aryl methyl sites for hydroxylation is 1. The smallest absolute Gasteiger partial charge is 0.167 e. The van der Waals surface area contributed by atoms with E-state index in [0.717, 1.165) is 0 Å². The summed E-state index contributed by atoms with van der Waals surface area (Å²) in [6.07, 6.45) is 0. The molecular formula is C6H7ClN2O. The van der Waals surface area contributed by atoms with Gasteiger partial charge in [-0.15, -0.1) is 0 Å². The van der Waals surface area contributed by atoms with Crippen molar-refractivity contribution in [2.24, 2.45) is 0 Å². The van der Waals surface area contributed by atoms with Crippen molar-refractivity contribution >= 4 is 17.4 Å². The van der Waals surface area contributed by atoms with Crippen LogP contribution in [-0.2, 0) is 0 Å². The average molecular weight is 159 g/mol. The molecule has 0 unspecified atom stereocenters. The van der Waals surface area contributed by atoms with Gasteiger partial charge in [-0.05, 0) is 18.6 Å². The molecule has 3 nitrogen and oxygen atoms in total. The van der Waals surface area contributed by atoms with Crippen molar-refractivity contribution in [3.63, 3.8) is 0 Å². The molecule has 0 saturated heterocycles. The van der Waals surface area contributed by atoms with Crippen LogP contribution in [0, 0.1) is 6.92 Å². The maximum Gasteiger partial charge on any atom is 0.167 e. The molecule has 1 aromatic rings. The lowest BCUT2D eigenvalue weighted by Crippen LogP contribution is -1.91. The molecule has 0 aromatic carbocycles. The lowest BCUT2D eigenvalue weighted by atomic mass is 10.3. The quantitative estimate of drug-likeness (QED) is 0.560. The van der Waals surface area contributed by atoms with Gasteiger partial charge in [-0.2, -0.15) is 0 Å². The summed E-state index contributed by atoms with van der Waals surface area (Å²) in [5.74, 6) is 0.0394. The van der Waals surface area contributed by atoms with Gasteiger partial charge in [0.05, 0.1) is 0 Å². The van der Waals surface area contributed by atoms with Crippen LogP contribution in [-0.4, -0.2) is 10.1 Å². The van der Waals surface area contributed by atoms with Crippen molar-refractivity contribution in [1.29, 1.82) is 0 Å². The minimum atomic E-state index is -0.0260. The second-order valence-corrected chi connectivity index (χ2v) is 2.36. The molecule has 0 bridgehead atoms. The van der Waals surface area contributed by atoms with Gasteiger partial charge in [-0.1, -0.05) is 11.6 Å². The van der Waals surface area contributed by atoms with Crippen molar-refractivity contribution in [1.82, 2.24) is 4.98 Å². The molecule has 0 atom stereocenters. The number of hydrogen-bond donors (Lipinski definition) is 2. The summed E-state index contributed by atoms with van der Waals surface area (Å²) in [7, 11) is 0. The number of halogens is 1. The molecule has 0 radical (unpaired) electrons. The Labute approximate surface area is 63.5 Å². The highest BCUT2D eigenvalue weighted by molar-refractivity contribution is 6.30. The van der Waals surface area contributed by atoms with E-state index < -0.39 is 0 Å². The number of rotatable bonds is 0. The highest BCUT2D eigenvalue weighted by Gasteiger charge is 2.01. The summed E-state index contributed by atoms with van der Waals surface area (Å²) in [6, 6.07) is 1.48. The van der Waals surface area contributed by atoms with Crippen molar-refractivity contribution < 1.29 is 5.11 Å². The zero-order valence-electron chi connectivity index (χ0n) is 5.43. The second kappa shape index (κ2) is 2.34. The van der Waals surface area contributed by atoms with Crippen LogP contribution in [0.2, 0.25) is 5.15 Å². The molecule has 3 N–H and O–H groups in total. The van der Waals surface area contributed by atoms with Gasteiger partial charge < -0.3 is 10.8 Å². The number of nitrogen functional groups attached to an aromatic ring is 1. The molecule has 10 heavy (non-hydrogen) atoms. The number of pyridine rings is 1. The van der Waals surface area contributed by atoms with Crippen LogP contribution >= 0.6 is 11.6 Å². The Morgan fingerprint density at radius 1 is 1.70 bits per heavy atom. The van der Waals surface area contributed by atoms with E-state index in [1.165, 1.54) is 6.07 Å². The van der Waals surface area contributed by atoms with Gasteiger partial charge in [0, 0.05) is 0 Å². The van der Waals surface area contributed by atoms with Crippen LogP contribution in [0.15, 0.2) is 6.07 Å². The van der Waals surface area contributed by atoms with E-state index in [0.29, 0.717) is 10.7 Å². The van der Waals surface area contributed by atoms with E-state index in [9.17, 15) is 0 Å². The number of anilines is 1. The van der Waals surface area contributed by atoms with Crippen LogP contribution in [0.25, 0.3) is 0 Å². The molecule has 0 fully saturated rings. The van der Waals surface area contributed by atoms with Crippen molar-refractivity contribution in [2.45, 2.75) is 6.92 Å². The monoisotopic (exact) mass is 158 g/mol. The third kappa shape index (κ3) is 1.14. The second-order valence-electron chi connectivity index (χ2n) is 2.00. The number of nitrogens with two attached hydrogens (primary N) is 1. The van der Waals surface area contributed by atoms with Gasteiger partial charge >= 0.3 is 0 Å². The Bertz CT molecular complexity index is 212. The number of hydrogen-bond acceptors (Lipinski definition) is 3. The molecule has 0 saturated carbocycles. The van der Waals surface area contributed by atoms with Gasteiger partial charge in [0.2, 0.25) is 0 Å². The van der Waals surface area contributed by atoms with E-state index in [1.54, 1.807) is 6.92 Å². The zero-order chi connectivity index (χ0) is 7.72. The lowest BCUT2D eigenvalue weighted by Gasteiger charge is -1.99. The maximum atomic E-state index is 8.98. The van der Waals surface area contributed by atoms with Crippen molar-refractivity contribution in [2.75, 3.05) is 5.73 Å².